The van der Waals surface area contributed by atoms with Crippen molar-refractivity contribution in [2.75, 3.05) is 39.3 Å². The first-order chi connectivity index (χ1) is 13.7. The van der Waals surface area contributed by atoms with Gasteiger partial charge in [0.15, 0.2) is 0 Å². The van der Waals surface area contributed by atoms with Crippen molar-refractivity contribution >= 4 is 12.0 Å². The fourth-order valence-electron chi connectivity index (χ4n) is 3.73. The molecule has 2 aliphatic rings. The lowest BCUT2D eigenvalue weighted by molar-refractivity contribution is -0.122. The van der Waals surface area contributed by atoms with Gasteiger partial charge in [-0.1, -0.05) is 18.2 Å². The second-order valence-electron chi connectivity index (χ2n) is 8.92. The number of piperazine rings is 1. The van der Waals surface area contributed by atoms with Crippen LogP contribution in [0.5, 0.6) is 0 Å². The number of ether oxygens (including phenoxy) is 1. The molecule has 0 spiro atoms. The van der Waals surface area contributed by atoms with Gasteiger partial charge in [-0.05, 0) is 57.7 Å². The van der Waals surface area contributed by atoms with Crippen LogP contribution < -0.4 is 5.32 Å². The lowest BCUT2D eigenvalue weighted by atomic mass is 10.1. The maximum absolute atomic E-state index is 13.8. The Morgan fingerprint density at radius 3 is 2.52 bits per heavy atom. The monoisotopic (exact) mass is 405 g/mol. The van der Waals surface area contributed by atoms with Crippen molar-refractivity contribution < 1.29 is 18.7 Å². The van der Waals surface area contributed by atoms with Gasteiger partial charge >= 0.3 is 6.09 Å². The van der Waals surface area contributed by atoms with E-state index >= 15 is 0 Å². The maximum atomic E-state index is 13.8. The van der Waals surface area contributed by atoms with E-state index in [-0.39, 0.29) is 29.7 Å². The number of hydrogen-bond donors (Lipinski definition) is 1. The lowest BCUT2D eigenvalue weighted by Crippen LogP contribution is -2.50. The van der Waals surface area contributed by atoms with Gasteiger partial charge in [0.1, 0.15) is 11.4 Å². The van der Waals surface area contributed by atoms with Crippen LogP contribution in [0.25, 0.3) is 0 Å². The van der Waals surface area contributed by atoms with Crippen LogP contribution in [0.1, 0.15) is 45.1 Å². The quantitative estimate of drug-likeness (QED) is 0.739. The van der Waals surface area contributed by atoms with Crippen molar-refractivity contribution in [3.05, 3.63) is 35.6 Å². The summed E-state index contributed by atoms with van der Waals surface area (Å²) in [5, 5.41) is 2.98. The zero-order valence-electron chi connectivity index (χ0n) is 17.6. The van der Waals surface area contributed by atoms with Crippen LogP contribution in [0.2, 0.25) is 0 Å². The number of carbonyl (C=O) groups excluding carboxylic acids is 2. The minimum absolute atomic E-state index is 0.0112. The molecular formula is C22H32FN3O3. The van der Waals surface area contributed by atoms with Crippen molar-refractivity contribution in [1.29, 1.82) is 0 Å². The van der Waals surface area contributed by atoms with Crippen molar-refractivity contribution in [3.8, 4) is 0 Å². The van der Waals surface area contributed by atoms with Gasteiger partial charge in [-0.25, -0.2) is 9.18 Å². The summed E-state index contributed by atoms with van der Waals surface area (Å²) in [6, 6.07) is 6.70. The first-order valence-electron chi connectivity index (χ1n) is 10.5. The molecule has 0 aromatic heterocycles. The molecule has 0 radical (unpaired) electrons. The van der Waals surface area contributed by atoms with E-state index in [2.05, 4.69) is 10.2 Å². The summed E-state index contributed by atoms with van der Waals surface area (Å²) in [6.45, 7) is 10.0. The van der Waals surface area contributed by atoms with E-state index in [1.807, 2.05) is 26.8 Å². The maximum Gasteiger partial charge on any atom is 0.410 e. The number of halogens is 1. The first kappa shape index (κ1) is 21.6. The molecule has 1 aromatic rings. The second kappa shape index (κ2) is 9.11. The van der Waals surface area contributed by atoms with Crippen LogP contribution in [-0.4, -0.2) is 66.7 Å². The largest absolute Gasteiger partial charge is 0.444 e. The SMILES string of the molecule is CC(C)(C)OC(=O)N1CCN(CCCNC(=O)C2CC2c2ccccc2F)CC1. The summed E-state index contributed by atoms with van der Waals surface area (Å²) in [5.41, 5.74) is 0.176. The fraction of sp³-hybridized carbons (Fsp3) is 0.636. The number of rotatable bonds is 6. The van der Waals surface area contributed by atoms with Crippen LogP contribution in [0.4, 0.5) is 9.18 Å². The summed E-state index contributed by atoms with van der Waals surface area (Å²) >= 11 is 0. The Balaban J connectivity index is 1.30. The minimum atomic E-state index is -0.473. The van der Waals surface area contributed by atoms with Crippen LogP contribution >= 0.6 is 0 Å². The van der Waals surface area contributed by atoms with Gasteiger partial charge < -0.3 is 15.0 Å². The molecule has 160 valence electrons. The van der Waals surface area contributed by atoms with Crippen molar-refractivity contribution in [2.24, 2.45) is 5.92 Å². The Hall–Kier alpha value is -2.15. The molecule has 7 heteroatoms. The molecule has 0 bridgehead atoms. The summed E-state index contributed by atoms with van der Waals surface area (Å²) in [4.78, 5) is 28.4. The predicted octanol–water partition coefficient (Wildman–Crippen LogP) is 2.99. The Morgan fingerprint density at radius 1 is 1.17 bits per heavy atom. The van der Waals surface area contributed by atoms with Crippen molar-refractivity contribution in [3.63, 3.8) is 0 Å². The van der Waals surface area contributed by atoms with Crippen LogP contribution in [0.3, 0.4) is 0 Å². The molecule has 1 aliphatic carbocycles. The number of amides is 2. The summed E-state index contributed by atoms with van der Waals surface area (Å²) in [7, 11) is 0. The topological polar surface area (TPSA) is 61.9 Å². The third-order valence-corrected chi connectivity index (χ3v) is 5.41. The second-order valence-corrected chi connectivity index (χ2v) is 8.92. The molecular weight excluding hydrogens is 373 g/mol. The molecule has 6 nitrogen and oxygen atoms in total. The average Bonchev–Trinajstić information content (AvgIpc) is 3.45. The highest BCUT2D eigenvalue weighted by molar-refractivity contribution is 5.82. The van der Waals surface area contributed by atoms with Gasteiger partial charge in [-0.3, -0.25) is 9.69 Å². The number of carbonyl (C=O) groups is 2. The molecule has 1 aromatic carbocycles. The van der Waals surface area contributed by atoms with Gasteiger partial charge in [0.25, 0.3) is 0 Å². The van der Waals surface area contributed by atoms with E-state index in [4.69, 9.17) is 4.74 Å². The molecule has 1 aliphatic heterocycles. The average molecular weight is 406 g/mol. The number of nitrogens with one attached hydrogen (secondary N) is 1. The van der Waals surface area contributed by atoms with E-state index in [1.54, 1.807) is 17.0 Å². The molecule has 1 heterocycles. The van der Waals surface area contributed by atoms with Gasteiger partial charge in [-0.2, -0.15) is 0 Å². The van der Waals surface area contributed by atoms with E-state index in [1.165, 1.54) is 6.07 Å². The fourth-order valence-corrected chi connectivity index (χ4v) is 3.73. The van der Waals surface area contributed by atoms with Crippen LogP contribution in [0.15, 0.2) is 24.3 Å². The van der Waals surface area contributed by atoms with E-state index in [0.717, 1.165) is 32.5 Å². The molecule has 2 unspecified atom stereocenters. The zero-order chi connectivity index (χ0) is 21.0. The van der Waals surface area contributed by atoms with E-state index in [9.17, 15) is 14.0 Å². The van der Waals surface area contributed by atoms with Gasteiger partial charge in [0.2, 0.25) is 5.91 Å². The number of nitrogens with zero attached hydrogens (tertiary/aromatic N) is 2. The number of hydrogen-bond acceptors (Lipinski definition) is 4. The summed E-state index contributed by atoms with van der Waals surface area (Å²) in [6.07, 6.45) is 1.33. The Morgan fingerprint density at radius 2 is 1.86 bits per heavy atom. The molecule has 1 saturated heterocycles. The third kappa shape index (κ3) is 6.16. The van der Waals surface area contributed by atoms with Crippen molar-refractivity contribution in [2.45, 2.75) is 45.1 Å². The van der Waals surface area contributed by atoms with Crippen molar-refractivity contribution in [1.82, 2.24) is 15.1 Å². The van der Waals surface area contributed by atoms with E-state index in [0.29, 0.717) is 25.2 Å². The third-order valence-electron chi connectivity index (χ3n) is 5.41. The zero-order valence-corrected chi connectivity index (χ0v) is 17.6. The summed E-state index contributed by atoms with van der Waals surface area (Å²) < 4.78 is 19.2. The highest BCUT2D eigenvalue weighted by Crippen LogP contribution is 2.48. The first-order valence-corrected chi connectivity index (χ1v) is 10.5. The summed E-state index contributed by atoms with van der Waals surface area (Å²) in [5.74, 6) is -0.298. The van der Waals surface area contributed by atoms with E-state index < -0.39 is 5.60 Å². The molecule has 3 rings (SSSR count). The number of benzene rings is 1. The molecule has 29 heavy (non-hydrogen) atoms. The molecule has 2 amide bonds. The smallest absolute Gasteiger partial charge is 0.410 e. The molecule has 1 saturated carbocycles. The Kier molecular flexibility index (Phi) is 6.77. The van der Waals surface area contributed by atoms with Gasteiger partial charge in [0.05, 0.1) is 0 Å². The normalized spacial score (nSPS) is 22.3. The highest BCUT2D eigenvalue weighted by atomic mass is 19.1. The van der Waals surface area contributed by atoms with Gasteiger partial charge in [0, 0.05) is 38.6 Å². The Labute approximate surface area is 172 Å². The van der Waals surface area contributed by atoms with Gasteiger partial charge in [-0.15, -0.1) is 0 Å². The lowest BCUT2D eigenvalue weighted by Gasteiger charge is -2.35. The highest BCUT2D eigenvalue weighted by Gasteiger charge is 2.44. The Bertz CT molecular complexity index is 726. The van der Waals surface area contributed by atoms with Crippen LogP contribution in [-0.2, 0) is 9.53 Å². The standard InChI is InChI=1S/C22H32FN3O3/c1-22(2,3)29-21(28)26-13-11-25(12-14-26)10-6-9-24-20(27)18-15-17(18)16-7-4-5-8-19(16)23/h4-5,7-8,17-18H,6,9-15H2,1-3H3,(H,24,27). The molecule has 2 fully saturated rings. The predicted molar refractivity (Wildman–Crippen MR) is 109 cm³/mol. The molecule has 2 atom stereocenters. The van der Waals surface area contributed by atoms with Crippen LogP contribution in [0, 0.1) is 11.7 Å². The molecule has 1 N–H and O–H groups in total. The minimum Gasteiger partial charge on any atom is -0.444 e.